The van der Waals surface area contributed by atoms with Crippen molar-refractivity contribution in [2.24, 2.45) is 17.3 Å². The van der Waals surface area contributed by atoms with Crippen LogP contribution in [0.3, 0.4) is 0 Å². The first-order chi connectivity index (χ1) is 9.94. The van der Waals surface area contributed by atoms with E-state index in [-0.39, 0.29) is 6.10 Å². The Hall–Kier alpha value is -1.02. The van der Waals surface area contributed by atoms with Crippen LogP contribution in [0.5, 0.6) is 0 Å². The van der Waals surface area contributed by atoms with Crippen LogP contribution in [-0.4, -0.2) is 24.3 Å². The molecular weight excluding hydrogens is 258 g/mol. The van der Waals surface area contributed by atoms with Gasteiger partial charge in [-0.2, -0.15) is 0 Å². The van der Waals surface area contributed by atoms with Crippen LogP contribution in [-0.2, 0) is 6.42 Å². The maximum absolute atomic E-state index is 10.4. The Bertz CT molecular complexity index is 496. The molecule has 21 heavy (non-hydrogen) atoms. The number of nitrogens with zero attached hydrogens (tertiary/aromatic N) is 1. The van der Waals surface area contributed by atoms with E-state index in [4.69, 9.17) is 0 Å². The summed E-state index contributed by atoms with van der Waals surface area (Å²) in [5, 5.41) is 10.4. The highest BCUT2D eigenvalue weighted by Gasteiger charge is 2.35. The average Bonchev–Trinajstić information content (AvgIpc) is 2.42. The van der Waals surface area contributed by atoms with Crippen LogP contribution in [0, 0.1) is 17.3 Å². The molecular formula is C19H29NO. The van der Waals surface area contributed by atoms with Gasteiger partial charge in [0.25, 0.3) is 0 Å². The van der Waals surface area contributed by atoms with Crippen molar-refractivity contribution in [2.45, 2.75) is 52.6 Å². The van der Waals surface area contributed by atoms with Crippen molar-refractivity contribution in [1.82, 2.24) is 0 Å². The minimum atomic E-state index is -0.123. The summed E-state index contributed by atoms with van der Waals surface area (Å²) in [6, 6.07) is 8.80. The summed E-state index contributed by atoms with van der Waals surface area (Å²) in [5.74, 6) is 1.11. The van der Waals surface area contributed by atoms with E-state index in [9.17, 15) is 5.11 Å². The van der Waals surface area contributed by atoms with Crippen LogP contribution in [0.4, 0.5) is 5.69 Å². The molecule has 116 valence electrons. The summed E-state index contributed by atoms with van der Waals surface area (Å²) in [7, 11) is 0. The molecule has 0 aromatic heterocycles. The molecule has 0 bridgehead atoms. The lowest BCUT2D eigenvalue weighted by molar-refractivity contribution is 0.0246. The lowest BCUT2D eigenvalue weighted by Gasteiger charge is -2.43. The van der Waals surface area contributed by atoms with E-state index in [0.717, 1.165) is 32.4 Å². The zero-order valence-electron chi connectivity index (χ0n) is 13.7. The van der Waals surface area contributed by atoms with E-state index >= 15 is 0 Å². The predicted molar refractivity (Wildman–Crippen MR) is 88.7 cm³/mol. The molecule has 1 aliphatic heterocycles. The second-order valence-corrected chi connectivity index (χ2v) is 8.08. The standard InChI is InChI=1S/C19H29NO/c1-14-10-15-6-4-5-7-17(15)20(12-14)13-16-11-19(2,3)9-8-18(16)21/h4-7,14,16,18,21H,8-13H2,1-3H3. The van der Waals surface area contributed by atoms with Gasteiger partial charge < -0.3 is 10.0 Å². The third-order valence-corrected chi connectivity index (χ3v) is 5.36. The van der Waals surface area contributed by atoms with E-state index in [1.165, 1.54) is 17.7 Å². The summed E-state index contributed by atoms with van der Waals surface area (Å²) in [6.07, 6.45) is 4.31. The molecule has 2 heteroatoms. The molecule has 1 fully saturated rings. The summed E-state index contributed by atoms with van der Waals surface area (Å²) >= 11 is 0. The number of aliphatic hydroxyl groups is 1. The Balaban J connectivity index is 1.78. The predicted octanol–water partition coefficient (Wildman–Crippen LogP) is 3.87. The monoisotopic (exact) mass is 287 g/mol. The molecule has 0 radical (unpaired) electrons. The number of aliphatic hydroxyl groups excluding tert-OH is 1. The Morgan fingerprint density at radius 2 is 2.05 bits per heavy atom. The van der Waals surface area contributed by atoms with Crippen LogP contribution < -0.4 is 4.90 Å². The van der Waals surface area contributed by atoms with Crippen molar-refractivity contribution in [3.63, 3.8) is 0 Å². The smallest absolute Gasteiger partial charge is 0.0585 e. The maximum Gasteiger partial charge on any atom is 0.0585 e. The molecule has 1 aliphatic carbocycles. The number of rotatable bonds is 2. The van der Waals surface area contributed by atoms with E-state index in [1.807, 2.05) is 0 Å². The van der Waals surface area contributed by atoms with Crippen LogP contribution in [0.1, 0.15) is 45.6 Å². The maximum atomic E-state index is 10.4. The number of hydrogen-bond acceptors (Lipinski definition) is 2. The van der Waals surface area contributed by atoms with Crippen molar-refractivity contribution in [1.29, 1.82) is 0 Å². The largest absolute Gasteiger partial charge is 0.393 e. The van der Waals surface area contributed by atoms with Gasteiger partial charge in [0.2, 0.25) is 0 Å². The van der Waals surface area contributed by atoms with Crippen molar-refractivity contribution in [2.75, 3.05) is 18.0 Å². The zero-order valence-corrected chi connectivity index (χ0v) is 13.7. The van der Waals surface area contributed by atoms with Gasteiger partial charge in [-0.25, -0.2) is 0 Å². The number of fused-ring (bicyclic) bond motifs is 1. The van der Waals surface area contributed by atoms with Gasteiger partial charge in [0.15, 0.2) is 0 Å². The number of benzene rings is 1. The Kier molecular flexibility index (Phi) is 4.00. The fourth-order valence-electron chi connectivity index (χ4n) is 4.27. The van der Waals surface area contributed by atoms with E-state index in [0.29, 0.717) is 17.3 Å². The number of para-hydroxylation sites is 1. The third kappa shape index (κ3) is 3.26. The lowest BCUT2D eigenvalue weighted by Crippen LogP contribution is -2.44. The highest BCUT2D eigenvalue weighted by atomic mass is 16.3. The molecule has 2 aliphatic rings. The van der Waals surface area contributed by atoms with Gasteiger partial charge in [-0.15, -0.1) is 0 Å². The average molecular weight is 287 g/mol. The van der Waals surface area contributed by atoms with Gasteiger partial charge in [-0.05, 0) is 48.6 Å². The normalized spacial score (nSPS) is 31.8. The van der Waals surface area contributed by atoms with Crippen LogP contribution in [0.25, 0.3) is 0 Å². The molecule has 0 saturated heterocycles. The van der Waals surface area contributed by atoms with Crippen molar-refractivity contribution >= 4 is 5.69 Å². The molecule has 2 nitrogen and oxygen atoms in total. The SMILES string of the molecule is CC1Cc2ccccc2N(CC2CC(C)(C)CCC2O)C1. The van der Waals surface area contributed by atoms with Crippen molar-refractivity contribution in [3.8, 4) is 0 Å². The first kappa shape index (κ1) is 14.9. The minimum absolute atomic E-state index is 0.123. The Labute approximate surface area is 129 Å². The molecule has 0 amide bonds. The Morgan fingerprint density at radius 1 is 1.29 bits per heavy atom. The molecule has 1 aromatic rings. The molecule has 1 aromatic carbocycles. The summed E-state index contributed by atoms with van der Waals surface area (Å²) in [5.41, 5.74) is 3.25. The van der Waals surface area contributed by atoms with Gasteiger partial charge in [0, 0.05) is 24.7 Å². The second-order valence-electron chi connectivity index (χ2n) is 8.08. The summed E-state index contributed by atoms with van der Waals surface area (Å²) < 4.78 is 0. The highest BCUT2D eigenvalue weighted by Crippen LogP contribution is 2.40. The molecule has 0 spiro atoms. The molecule has 3 unspecified atom stereocenters. The fourth-order valence-corrected chi connectivity index (χ4v) is 4.27. The van der Waals surface area contributed by atoms with E-state index < -0.39 is 0 Å². The third-order valence-electron chi connectivity index (χ3n) is 5.36. The van der Waals surface area contributed by atoms with Crippen LogP contribution in [0.15, 0.2) is 24.3 Å². The summed E-state index contributed by atoms with van der Waals surface area (Å²) in [6.45, 7) is 9.16. The van der Waals surface area contributed by atoms with Crippen molar-refractivity contribution in [3.05, 3.63) is 29.8 Å². The molecule has 1 heterocycles. The lowest BCUT2D eigenvalue weighted by atomic mass is 9.70. The number of anilines is 1. The highest BCUT2D eigenvalue weighted by molar-refractivity contribution is 5.55. The zero-order chi connectivity index (χ0) is 15.0. The minimum Gasteiger partial charge on any atom is -0.393 e. The molecule has 1 saturated carbocycles. The van der Waals surface area contributed by atoms with Gasteiger partial charge in [0.05, 0.1) is 6.10 Å². The van der Waals surface area contributed by atoms with Gasteiger partial charge in [-0.1, -0.05) is 39.0 Å². The second kappa shape index (κ2) is 5.64. The quantitative estimate of drug-likeness (QED) is 0.892. The van der Waals surface area contributed by atoms with Gasteiger partial charge in [-0.3, -0.25) is 0 Å². The van der Waals surface area contributed by atoms with Gasteiger partial charge in [0.1, 0.15) is 0 Å². The van der Waals surface area contributed by atoms with E-state index in [2.05, 4.69) is 49.9 Å². The van der Waals surface area contributed by atoms with Gasteiger partial charge >= 0.3 is 0 Å². The van der Waals surface area contributed by atoms with E-state index in [1.54, 1.807) is 0 Å². The van der Waals surface area contributed by atoms with Crippen LogP contribution in [0.2, 0.25) is 0 Å². The van der Waals surface area contributed by atoms with Crippen LogP contribution >= 0.6 is 0 Å². The number of hydrogen-bond donors (Lipinski definition) is 1. The fraction of sp³-hybridized carbons (Fsp3) is 0.684. The molecule has 3 rings (SSSR count). The summed E-state index contributed by atoms with van der Waals surface area (Å²) in [4.78, 5) is 2.53. The molecule has 3 atom stereocenters. The first-order valence-corrected chi connectivity index (χ1v) is 8.45. The Morgan fingerprint density at radius 3 is 2.86 bits per heavy atom. The van der Waals surface area contributed by atoms with Crippen molar-refractivity contribution < 1.29 is 5.11 Å². The topological polar surface area (TPSA) is 23.5 Å². The molecule has 1 N–H and O–H groups in total. The first-order valence-electron chi connectivity index (χ1n) is 8.45.